The summed E-state index contributed by atoms with van der Waals surface area (Å²) in [5.74, 6) is 0.691. The molecule has 1 aliphatic rings. The monoisotopic (exact) mass is 642 g/mol. The van der Waals surface area contributed by atoms with Crippen molar-refractivity contribution in [2.45, 2.75) is 5.60 Å². The largest absolute Gasteiger partial charge is 0.473 e. The lowest BCUT2D eigenvalue weighted by molar-refractivity contribution is -0.109. The number of ether oxygens (including phenoxy) is 1. The Morgan fingerprint density at radius 1 is 0.360 bits per heavy atom. The topological polar surface area (TPSA) is 26.3 Å². The molecule has 7 aromatic rings. The third-order valence-corrected chi connectivity index (χ3v) is 9.24. The second kappa shape index (κ2) is 13.5. The highest BCUT2D eigenvalue weighted by atomic mass is 16.5. The van der Waals surface area contributed by atoms with Crippen molar-refractivity contribution in [3.63, 3.8) is 0 Å². The first-order valence-corrected chi connectivity index (χ1v) is 16.9. The zero-order valence-corrected chi connectivity index (χ0v) is 27.4. The van der Waals surface area contributed by atoms with Gasteiger partial charge in [0.2, 0.25) is 0 Å². The van der Waals surface area contributed by atoms with Gasteiger partial charge in [0.05, 0.1) is 0 Å². The Balaban J connectivity index is 1.46. The lowest BCUT2D eigenvalue weighted by Crippen LogP contribution is -2.34. The number of ketones is 1. The van der Waals surface area contributed by atoms with E-state index in [0.29, 0.717) is 11.1 Å². The Kier molecular flexibility index (Phi) is 8.34. The van der Waals surface area contributed by atoms with Crippen LogP contribution < -0.4 is 4.74 Å². The summed E-state index contributed by atoms with van der Waals surface area (Å²) in [7, 11) is 0. The summed E-state index contributed by atoms with van der Waals surface area (Å²) in [6.07, 6.45) is 4.03. The van der Waals surface area contributed by atoms with Crippen molar-refractivity contribution in [3.05, 3.63) is 223 Å². The van der Waals surface area contributed by atoms with E-state index in [4.69, 9.17) is 4.74 Å². The number of Topliss-reactive ketones (excluding diaryl/α,β-unsaturated/α-hetero) is 1. The second-order valence-electron chi connectivity index (χ2n) is 12.4. The molecule has 0 N–H and O–H groups in total. The SMILES string of the molecule is O=C1C(c2ccccc2)=CC(Oc2c(-c3ccccc3)cc(-c3ccccc3)cc2-c2ccccc2)(c2ccccc2)C=C1c1ccccc1. The number of benzene rings is 7. The van der Waals surface area contributed by atoms with E-state index >= 15 is 0 Å². The molecule has 50 heavy (non-hydrogen) atoms. The zero-order valence-electron chi connectivity index (χ0n) is 27.4. The van der Waals surface area contributed by atoms with Crippen LogP contribution in [0.2, 0.25) is 0 Å². The van der Waals surface area contributed by atoms with Crippen LogP contribution in [0.3, 0.4) is 0 Å². The Morgan fingerprint density at radius 2 is 0.700 bits per heavy atom. The minimum absolute atomic E-state index is 0.0384. The standard InChI is InChI=1S/C48H34O2/c49-46-44(38-25-13-4-14-26-38)33-48(41-29-17-6-18-30-41,34-45(46)39-27-15-5-16-28-39)50-47-42(36-21-9-2-10-22-36)31-40(35-19-7-1-8-20-35)32-43(47)37-23-11-3-12-24-37/h1-34H. The first kappa shape index (κ1) is 30.8. The summed E-state index contributed by atoms with van der Waals surface area (Å²) in [5, 5.41) is 0. The Morgan fingerprint density at radius 3 is 1.10 bits per heavy atom. The number of allylic oxidation sites excluding steroid dienone is 2. The molecule has 1 aliphatic carbocycles. The molecule has 0 spiro atoms. The predicted molar refractivity (Wildman–Crippen MR) is 205 cm³/mol. The Bertz CT molecular complexity index is 2190. The Labute approximate surface area is 293 Å². The normalized spacial score (nSPS) is 13.6. The molecule has 0 heterocycles. The highest BCUT2D eigenvalue weighted by Crippen LogP contribution is 2.49. The van der Waals surface area contributed by atoms with Gasteiger partial charge in [-0.1, -0.05) is 182 Å². The molecule has 7 aromatic carbocycles. The molecular formula is C48H34O2. The first-order chi connectivity index (χ1) is 24.7. The van der Waals surface area contributed by atoms with Gasteiger partial charge in [0.25, 0.3) is 0 Å². The van der Waals surface area contributed by atoms with Gasteiger partial charge in [0.1, 0.15) is 5.75 Å². The molecule has 2 nitrogen and oxygen atoms in total. The molecule has 0 fully saturated rings. The van der Waals surface area contributed by atoms with Crippen molar-refractivity contribution in [2.75, 3.05) is 0 Å². The van der Waals surface area contributed by atoms with E-state index < -0.39 is 5.60 Å². The summed E-state index contributed by atoms with van der Waals surface area (Å²) in [4.78, 5) is 14.5. The van der Waals surface area contributed by atoms with Gasteiger partial charge in [0.15, 0.2) is 11.4 Å². The lowest BCUT2D eigenvalue weighted by Gasteiger charge is -2.36. The summed E-state index contributed by atoms with van der Waals surface area (Å²) in [5.41, 5.74) is 8.84. The van der Waals surface area contributed by atoms with Gasteiger partial charge in [-0.15, -0.1) is 0 Å². The van der Waals surface area contributed by atoms with E-state index in [1.807, 2.05) is 109 Å². The van der Waals surface area contributed by atoms with Crippen LogP contribution in [0, 0.1) is 0 Å². The van der Waals surface area contributed by atoms with E-state index in [9.17, 15) is 4.79 Å². The molecule has 238 valence electrons. The van der Waals surface area contributed by atoms with Gasteiger partial charge < -0.3 is 4.74 Å². The molecular weight excluding hydrogens is 609 g/mol. The van der Waals surface area contributed by atoms with Gasteiger partial charge >= 0.3 is 0 Å². The molecule has 0 aliphatic heterocycles. The average Bonchev–Trinajstić information content (AvgIpc) is 3.20. The molecule has 2 heteroatoms. The van der Waals surface area contributed by atoms with E-state index in [0.717, 1.165) is 55.8 Å². The smallest absolute Gasteiger partial charge is 0.193 e. The number of carbonyl (C=O) groups is 1. The summed E-state index contributed by atoms with van der Waals surface area (Å²) in [6, 6.07) is 65.7. The second-order valence-corrected chi connectivity index (χ2v) is 12.4. The van der Waals surface area contributed by atoms with E-state index in [-0.39, 0.29) is 5.78 Å². The third-order valence-electron chi connectivity index (χ3n) is 9.24. The van der Waals surface area contributed by atoms with Crippen LogP contribution in [0.4, 0.5) is 0 Å². The third kappa shape index (κ3) is 6.00. The van der Waals surface area contributed by atoms with Crippen molar-refractivity contribution in [2.24, 2.45) is 0 Å². The summed E-state index contributed by atoms with van der Waals surface area (Å²) < 4.78 is 7.64. The van der Waals surface area contributed by atoms with Crippen molar-refractivity contribution in [1.82, 2.24) is 0 Å². The number of carbonyl (C=O) groups excluding carboxylic acids is 1. The average molecular weight is 643 g/mol. The fourth-order valence-electron chi connectivity index (χ4n) is 6.76. The number of hydrogen-bond acceptors (Lipinski definition) is 2. The molecule has 0 radical (unpaired) electrons. The fourth-order valence-corrected chi connectivity index (χ4v) is 6.76. The van der Waals surface area contributed by atoms with E-state index in [1.54, 1.807) is 0 Å². The van der Waals surface area contributed by atoms with Gasteiger partial charge in [-0.3, -0.25) is 4.79 Å². The molecule has 0 unspecified atom stereocenters. The molecule has 8 rings (SSSR count). The predicted octanol–water partition coefficient (Wildman–Crippen LogP) is 11.7. The van der Waals surface area contributed by atoms with E-state index in [2.05, 4.69) is 97.1 Å². The summed E-state index contributed by atoms with van der Waals surface area (Å²) >= 11 is 0. The van der Waals surface area contributed by atoms with Crippen LogP contribution in [0.15, 0.2) is 206 Å². The summed E-state index contributed by atoms with van der Waals surface area (Å²) in [6.45, 7) is 0. The van der Waals surface area contributed by atoms with Crippen LogP contribution in [-0.4, -0.2) is 5.78 Å². The quantitative estimate of drug-likeness (QED) is 0.165. The minimum atomic E-state index is -1.15. The Hall–Kier alpha value is -6.51. The molecule has 0 amide bonds. The number of hydrogen-bond donors (Lipinski definition) is 0. The maximum atomic E-state index is 14.5. The van der Waals surface area contributed by atoms with Crippen LogP contribution in [0.25, 0.3) is 44.5 Å². The maximum absolute atomic E-state index is 14.5. The molecule has 0 atom stereocenters. The minimum Gasteiger partial charge on any atom is -0.473 e. The molecule has 0 saturated heterocycles. The fraction of sp³-hybridized carbons (Fsp3) is 0.0208. The molecule has 0 aromatic heterocycles. The van der Waals surface area contributed by atoms with Gasteiger partial charge in [-0.05, 0) is 57.7 Å². The van der Waals surface area contributed by atoms with Gasteiger partial charge in [-0.25, -0.2) is 0 Å². The van der Waals surface area contributed by atoms with Crippen LogP contribution >= 0.6 is 0 Å². The van der Waals surface area contributed by atoms with Crippen molar-refractivity contribution in [3.8, 4) is 39.1 Å². The molecule has 0 bridgehead atoms. The lowest BCUT2D eigenvalue weighted by atomic mass is 9.78. The van der Waals surface area contributed by atoms with E-state index in [1.165, 1.54) is 0 Å². The zero-order chi connectivity index (χ0) is 33.8. The highest BCUT2D eigenvalue weighted by molar-refractivity contribution is 6.43. The van der Waals surface area contributed by atoms with Gasteiger partial charge in [-0.2, -0.15) is 0 Å². The van der Waals surface area contributed by atoms with Crippen LogP contribution in [0.1, 0.15) is 16.7 Å². The van der Waals surface area contributed by atoms with Crippen molar-refractivity contribution in [1.29, 1.82) is 0 Å². The van der Waals surface area contributed by atoms with Crippen molar-refractivity contribution >= 4 is 16.9 Å². The first-order valence-electron chi connectivity index (χ1n) is 16.9. The number of rotatable bonds is 8. The van der Waals surface area contributed by atoms with Crippen LogP contribution in [0.5, 0.6) is 5.75 Å². The van der Waals surface area contributed by atoms with Crippen molar-refractivity contribution < 1.29 is 9.53 Å². The van der Waals surface area contributed by atoms with Gasteiger partial charge in [0, 0.05) is 27.8 Å². The van der Waals surface area contributed by atoms with Crippen LogP contribution in [-0.2, 0) is 10.4 Å². The highest BCUT2D eigenvalue weighted by Gasteiger charge is 2.39. The maximum Gasteiger partial charge on any atom is 0.193 e. The molecule has 0 saturated carbocycles.